The number of fused-ring (bicyclic) bond motifs is 9. The lowest BCUT2D eigenvalue weighted by atomic mass is 10.1. The Morgan fingerprint density at radius 3 is 2.19 bits per heavy atom. The topological polar surface area (TPSA) is 81.1 Å². The monoisotopic (exact) mass is 356 g/mol. The van der Waals surface area contributed by atoms with Gasteiger partial charge in [0.05, 0.1) is 16.3 Å². The molecule has 6 aromatic rings. The van der Waals surface area contributed by atoms with Crippen LogP contribution in [0.2, 0.25) is 0 Å². The SMILES string of the molecule is Cn1c2ccccc2c2c3c(=O)[nH]c(=O)c3c3oc4ccccc4oc3c21. The molecule has 130 valence electrons. The maximum absolute atomic E-state index is 12.6. The molecule has 0 unspecified atom stereocenters. The van der Waals surface area contributed by atoms with Crippen molar-refractivity contribution in [1.29, 1.82) is 0 Å². The van der Waals surface area contributed by atoms with Crippen LogP contribution in [0.5, 0.6) is 0 Å². The lowest BCUT2D eigenvalue weighted by molar-refractivity contribution is 0.585. The number of nitrogens with zero attached hydrogens (tertiary/aromatic N) is 1. The molecule has 0 aliphatic heterocycles. The fourth-order valence-electron chi connectivity index (χ4n) is 4.07. The first-order valence-electron chi connectivity index (χ1n) is 8.52. The van der Waals surface area contributed by atoms with Gasteiger partial charge in [0.15, 0.2) is 22.3 Å². The van der Waals surface area contributed by atoms with Crippen LogP contribution in [-0.2, 0) is 7.05 Å². The summed E-state index contributed by atoms with van der Waals surface area (Å²) in [6.45, 7) is 0. The number of aryl methyl sites for hydroxylation is 1. The van der Waals surface area contributed by atoms with Crippen molar-refractivity contribution in [2.45, 2.75) is 0 Å². The zero-order valence-electron chi connectivity index (χ0n) is 14.2. The average Bonchev–Trinajstić information content (AvgIpc) is 3.15. The number of hydrogen-bond donors (Lipinski definition) is 1. The fraction of sp³-hybridized carbons (Fsp3) is 0.0476. The highest BCUT2D eigenvalue weighted by atomic mass is 16.4. The molecule has 27 heavy (non-hydrogen) atoms. The number of rotatable bonds is 0. The minimum Gasteiger partial charge on any atom is -0.449 e. The van der Waals surface area contributed by atoms with Crippen molar-refractivity contribution in [1.82, 2.24) is 9.55 Å². The van der Waals surface area contributed by atoms with Crippen molar-refractivity contribution in [2.24, 2.45) is 7.05 Å². The Morgan fingerprint density at radius 1 is 0.778 bits per heavy atom. The molecule has 3 heterocycles. The van der Waals surface area contributed by atoms with Crippen molar-refractivity contribution >= 4 is 54.9 Å². The Bertz CT molecular complexity index is 1680. The summed E-state index contributed by atoms with van der Waals surface area (Å²) in [6.07, 6.45) is 0. The molecule has 3 aromatic heterocycles. The van der Waals surface area contributed by atoms with Crippen LogP contribution in [0.15, 0.2) is 67.0 Å². The second-order valence-electron chi connectivity index (χ2n) is 6.64. The van der Waals surface area contributed by atoms with E-state index in [0.717, 1.165) is 16.4 Å². The molecule has 0 amide bonds. The summed E-state index contributed by atoms with van der Waals surface area (Å²) in [5.74, 6) is 0. The Kier molecular flexibility index (Phi) is 2.49. The number of para-hydroxylation sites is 3. The maximum Gasteiger partial charge on any atom is 0.262 e. The van der Waals surface area contributed by atoms with E-state index in [1.165, 1.54) is 0 Å². The molecule has 0 spiro atoms. The summed E-state index contributed by atoms with van der Waals surface area (Å²) in [5, 5.41) is 2.16. The normalized spacial score (nSPS) is 12.2. The molecule has 3 aromatic carbocycles. The first-order valence-corrected chi connectivity index (χ1v) is 8.52. The first kappa shape index (κ1) is 14.4. The fourth-order valence-corrected chi connectivity index (χ4v) is 4.07. The van der Waals surface area contributed by atoms with Gasteiger partial charge in [-0.1, -0.05) is 30.3 Å². The number of aromatic nitrogens is 2. The van der Waals surface area contributed by atoms with Crippen molar-refractivity contribution in [3.8, 4) is 0 Å². The van der Waals surface area contributed by atoms with Gasteiger partial charge in [-0.25, -0.2) is 0 Å². The second-order valence-corrected chi connectivity index (χ2v) is 6.64. The third-order valence-electron chi connectivity index (χ3n) is 5.21. The number of aromatic amines is 1. The van der Waals surface area contributed by atoms with Gasteiger partial charge in [0, 0.05) is 23.3 Å². The minimum absolute atomic E-state index is 0.230. The summed E-state index contributed by atoms with van der Waals surface area (Å²) in [4.78, 5) is 27.6. The molecule has 6 nitrogen and oxygen atoms in total. The molecule has 1 N–H and O–H groups in total. The molecule has 0 saturated carbocycles. The lowest BCUT2D eigenvalue weighted by Gasteiger charge is -2.06. The van der Waals surface area contributed by atoms with Gasteiger partial charge in [0.2, 0.25) is 0 Å². The van der Waals surface area contributed by atoms with E-state index in [2.05, 4.69) is 4.98 Å². The molecule has 0 aliphatic carbocycles. The maximum atomic E-state index is 12.6. The third-order valence-corrected chi connectivity index (χ3v) is 5.21. The van der Waals surface area contributed by atoms with Crippen LogP contribution < -0.4 is 11.1 Å². The lowest BCUT2D eigenvalue weighted by Crippen LogP contribution is -2.05. The minimum atomic E-state index is -0.468. The van der Waals surface area contributed by atoms with Crippen LogP contribution in [0.1, 0.15) is 0 Å². The summed E-state index contributed by atoms with van der Waals surface area (Å²) in [6, 6.07) is 15.0. The first-order chi connectivity index (χ1) is 13.1. The van der Waals surface area contributed by atoms with Gasteiger partial charge >= 0.3 is 0 Å². The van der Waals surface area contributed by atoms with E-state index in [1.807, 2.05) is 54.1 Å². The Balaban J connectivity index is 2.11. The Hall–Kier alpha value is -3.80. The predicted octanol–water partition coefficient (Wildman–Crippen LogP) is 4.03. The van der Waals surface area contributed by atoms with Crippen LogP contribution in [0.4, 0.5) is 0 Å². The predicted molar refractivity (Wildman–Crippen MR) is 104 cm³/mol. The van der Waals surface area contributed by atoms with Gasteiger partial charge in [-0.15, -0.1) is 0 Å². The molecular formula is C21H12N2O4. The quantitative estimate of drug-likeness (QED) is 0.417. The number of hydrogen-bond acceptors (Lipinski definition) is 4. The number of nitrogens with one attached hydrogen (secondary N) is 1. The van der Waals surface area contributed by atoms with Crippen LogP contribution in [0.25, 0.3) is 54.9 Å². The van der Waals surface area contributed by atoms with Gasteiger partial charge in [0.1, 0.15) is 0 Å². The highest BCUT2D eigenvalue weighted by Gasteiger charge is 2.24. The van der Waals surface area contributed by atoms with Crippen LogP contribution >= 0.6 is 0 Å². The summed E-state index contributed by atoms with van der Waals surface area (Å²) in [5.41, 5.74) is 2.60. The van der Waals surface area contributed by atoms with Crippen molar-refractivity contribution < 1.29 is 8.83 Å². The zero-order chi connectivity index (χ0) is 18.3. The van der Waals surface area contributed by atoms with Crippen molar-refractivity contribution in [2.75, 3.05) is 0 Å². The standard InChI is InChI=1S/C21H12N2O4/c1-23-11-7-3-2-6-10(11)14-15-16(21(25)22-20(15)24)18-19(17(14)23)27-13-9-5-4-8-12(13)26-18/h2-9H,1H3,(H,22,24,25). The van der Waals surface area contributed by atoms with Crippen LogP contribution in [-0.4, -0.2) is 9.55 Å². The Morgan fingerprint density at radius 2 is 1.41 bits per heavy atom. The molecule has 0 saturated heterocycles. The molecule has 6 rings (SSSR count). The molecule has 0 atom stereocenters. The molecular weight excluding hydrogens is 344 g/mol. The van der Waals surface area contributed by atoms with Crippen molar-refractivity contribution in [3.63, 3.8) is 0 Å². The molecule has 0 radical (unpaired) electrons. The van der Waals surface area contributed by atoms with Gasteiger partial charge in [-0.2, -0.15) is 0 Å². The molecule has 0 aliphatic rings. The average molecular weight is 356 g/mol. The summed E-state index contributed by atoms with van der Waals surface area (Å²) in [7, 11) is 1.91. The van der Waals surface area contributed by atoms with Gasteiger partial charge in [-0.3, -0.25) is 14.6 Å². The third kappa shape index (κ3) is 1.65. The molecule has 0 fully saturated rings. The van der Waals surface area contributed by atoms with Gasteiger partial charge in [-0.05, 0) is 18.2 Å². The second kappa shape index (κ2) is 4.67. The largest absolute Gasteiger partial charge is 0.449 e. The smallest absolute Gasteiger partial charge is 0.262 e. The van der Waals surface area contributed by atoms with E-state index >= 15 is 0 Å². The van der Waals surface area contributed by atoms with E-state index in [9.17, 15) is 9.59 Å². The van der Waals surface area contributed by atoms with E-state index in [1.54, 1.807) is 6.07 Å². The summed E-state index contributed by atoms with van der Waals surface area (Å²) >= 11 is 0. The van der Waals surface area contributed by atoms with Crippen molar-refractivity contribution in [3.05, 3.63) is 69.2 Å². The zero-order valence-corrected chi connectivity index (χ0v) is 14.2. The van der Waals surface area contributed by atoms with E-state index in [-0.39, 0.29) is 11.0 Å². The highest BCUT2D eigenvalue weighted by Crippen LogP contribution is 2.39. The van der Waals surface area contributed by atoms with E-state index in [0.29, 0.717) is 27.5 Å². The van der Waals surface area contributed by atoms with Gasteiger partial charge in [0.25, 0.3) is 11.1 Å². The van der Waals surface area contributed by atoms with Crippen LogP contribution in [0, 0.1) is 0 Å². The molecule has 0 bridgehead atoms. The van der Waals surface area contributed by atoms with Crippen LogP contribution in [0.3, 0.4) is 0 Å². The Labute approximate surface area is 150 Å². The molecule has 6 heteroatoms. The number of H-pyrrole nitrogens is 1. The highest BCUT2D eigenvalue weighted by molar-refractivity contribution is 6.29. The van der Waals surface area contributed by atoms with Gasteiger partial charge < -0.3 is 13.4 Å². The van der Waals surface area contributed by atoms with E-state index in [4.69, 9.17) is 8.83 Å². The van der Waals surface area contributed by atoms with E-state index < -0.39 is 11.1 Å². The number of benzene rings is 3. The summed E-state index contributed by atoms with van der Waals surface area (Å²) < 4.78 is 14.2.